The van der Waals surface area contributed by atoms with Crippen LogP contribution in [0.3, 0.4) is 0 Å². The second-order valence-corrected chi connectivity index (χ2v) is 5.12. The Morgan fingerprint density at radius 3 is 2.50 bits per heavy atom. The smallest absolute Gasteiger partial charge is 0.0740 e. The van der Waals surface area contributed by atoms with Crippen LogP contribution in [0.1, 0.15) is 32.3 Å². The van der Waals surface area contributed by atoms with Gasteiger partial charge in [-0.1, -0.05) is 38.3 Å². The molecule has 0 spiro atoms. The molecule has 0 heterocycles. The van der Waals surface area contributed by atoms with Gasteiger partial charge in [-0.2, -0.15) is 0 Å². The Kier molecular flexibility index (Phi) is 5.76. The maximum atomic E-state index is 10.1. The van der Waals surface area contributed by atoms with Crippen LogP contribution in [0.5, 0.6) is 0 Å². The van der Waals surface area contributed by atoms with Gasteiger partial charge in [0.25, 0.3) is 0 Å². The largest absolute Gasteiger partial charge is 0.398 e. The van der Waals surface area contributed by atoms with Gasteiger partial charge >= 0.3 is 0 Å². The number of benzene rings is 1. The van der Waals surface area contributed by atoms with Gasteiger partial charge in [-0.3, -0.25) is 0 Å². The molecule has 0 radical (unpaired) electrons. The molecule has 18 heavy (non-hydrogen) atoms. The normalized spacial score (nSPS) is 12.8. The lowest BCUT2D eigenvalue weighted by atomic mass is 9.96. The molecule has 3 nitrogen and oxygen atoms in total. The third kappa shape index (κ3) is 3.79. The monoisotopic (exact) mass is 270 g/mol. The van der Waals surface area contributed by atoms with Crippen molar-refractivity contribution in [3.05, 3.63) is 22.7 Å². The number of hydrogen-bond acceptors (Lipinski definition) is 3. The van der Waals surface area contributed by atoms with E-state index in [-0.39, 0.29) is 6.10 Å². The summed E-state index contributed by atoms with van der Waals surface area (Å²) in [6.45, 7) is 6.71. The molecule has 0 saturated heterocycles. The topological polar surface area (TPSA) is 58.3 Å². The summed E-state index contributed by atoms with van der Waals surface area (Å²) in [5, 5.41) is 13.8. The fraction of sp³-hybridized carbons (Fsp3) is 0.571. The molecule has 0 aliphatic heterocycles. The number of halogens is 1. The Hall–Kier alpha value is -0.930. The van der Waals surface area contributed by atoms with Crippen LogP contribution in [0, 0.1) is 12.8 Å². The van der Waals surface area contributed by atoms with Gasteiger partial charge in [0.05, 0.1) is 16.8 Å². The molecule has 0 saturated carbocycles. The van der Waals surface area contributed by atoms with E-state index in [2.05, 4.69) is 19.2 Å². The second kappa shape index (κ2) is 6.86. The molecule has 0 bridgehead atoms. The lowest BCUT2D eigenvalue weighted by Crippen LogP contribution is -2.27. The van der Waals surface area contributed by atoms with Crippen molar-refractivity contribution in [2.75, 3.05) is 17.6 Å². The Bertz CT molecular complexity index is 392. The van der Waals surface area contributed by atoms with Gasteiger partial charge in [0.15, 0.2) is 0 Å². The maximum Gasteiger partial charge on any atom is 0.0740 e. The van der Waals surface area contributed by atoms with Crippen LogP contribution in [-0.4, -0.2) is 17.8 Å². The molecule has 102 valence electrons. The number of rotatable bonds is 6. The first-order valence-corrected chi connectivity index (χ1v) is 6.84. The molecule has 0 aliphatic carbocycles. The van der Waals surface area contributed by atoms with E-state index in [4.69, 9.17) is 17.3 Å². The number of aliphatic hydroxyl groups excluding tert-OH is 1. The van der Waals surface area contributed by atoms with Crippen molar-refractivity contribution in [1.82, 2.24) is 0 Å². The van der Waals surface area contributed by atoms with Crippen LogP contribution in [0.25, 0.3) is 0 Å². The van der Waals surface area contributed by atoms with E-state index in [1.807, 2.05) is 19.1 Å². The van der Waals surface area contributed by atoms with Crippen molar-refractivity contribution in [1.29, 1.82) is 0 Å². The summed E-state index contributed by atoms with van der Waals surface area (Å²) in [5.74, 6) is 0.335. The zero-order chi connectivity index (χ0) is 13.7. The minimum absolute atomic E-state index is 0.335. The van der Waals surface area contributed by atoms with Gasteiger partial charge in [0.2, 0.25) is 0 Å². The Labute approximate surface area is 114 Å². The van der Waals surface area contributed by atoms with E-state index < -0.39 is 0 Å². The van der Waals surface area contributed by atoms with Crippen molar-refractivity contribution in [2.24, 2.45) is 5.92 Å². The lowest BCUT2D eigenvalue weighted by molar-refractivity contribution is 0.114. The van der Waals surface area contributed by atoms with E-state index in [1.165, 1.54) is 0 Å². The van der Waals surface area contributed by atoms with Gasteiger partial charge in [0.1, 0.15) is 0 Å². The highest BCUT2D eigenvalue weighted by molar-refractivity contribution is 6.33. The number of nitrogens with two attached hydrogens (primary N) is 1. The summed E-state index contributed by atoms with van der Waals surface area (Å²) in [6.07, 6.45) is 1.64. The van der Waals surface area contributed by atoms with Crippen LogP contribution >= 0.6 is 11.6 Å². The molecule has 1 aromatic rings. The fourth-order valence-electron chi connectivity index (χ4n) is 2.11. The van der Waals surface area contributed by atoms with Crippen LogP contribution < -0.4 is 11.1 Å². The predicted molar refractivity (Wildman–Crippen MR) is 79.2 cm³/mol. The van der Waals surface area contributed by atoms with Crippen LogP contribution in [0.4, 0.5) is 11.4 Å². The molecule has 1 unspecified atom stereocenters. The number of aliphatic hydroxyl groups is 1. The molecule has 4 N–H and O–H groups in total. The highest BCUT2D eigenvalue weighted by Gasteiger charge is 2.15. The number of nitrogen functional groups attached to an aromatic ring is 1. The summed E-state index contributed by atoms with van der Waals surface area (Å²) in [7, 11) is 0. The second-order valence-electron chi connectivity index (χ2n) is 4.71. The highest BCUT2D eigenvalue weighted by Crippen LogP contribution is 2.27. The summed E-state index contributed by atoms with van der Waals surface area (Å²) in [5.41, 5.74) is 8.28. The first-order chi connectivity index (χ1) is 8.49. The quantitative estimate of drug-likeness (QED) is 0.694. The molecule has 1 atom stereocenters. The number of nitrogens with one attached hydrogen (secondary N) is 1. The predicted octanol–water partition coefficient (Wildman–Crippen LogP) is 3.44. The Morgan fingerprint density at radius 1 is 1.33 bits per heavy atom. The first kappa shape index (κ1) is 15.1. The number of hydrogen-bond donors (Lipinski definition) is 3. The summed E-state index contributed by atoms with van der Waals surface area (Å²) in [6, 6.07) is 3.65. The Morgan fingerprint density at radius 2 is 1.94 bits per heavy atom. The van der Waals surface area contributed by atoms with Gasteiger partial charge in [-0.05, 0) is 30.5 Å². The molecule has 0 fully saturated rings. The third-order valence-corrected chi connectivity index (χ3v) is 3.77. The van der Waals surface area contributed by atoms with Gasteiger partial charge in [0, 0.05) is 12.2 Å². The maximum absolute atomic E-state index is 10.1. The third-order valence-electron chi connectivity index (χ3n) is 3.44. The molecule has 0 aromatic heterocycles. The van der Waals surface area contributed by atoms with E-state index in [9.17, 15) is 5.11 Å². The Balaban J connectivity index is 2.66. The van der Waals surface area contributed by atoms with Gasteiger partial charge < -0.3 is 16.2 Å². The van der Waals surface area contributed by atoms with Crippen LogP contribution in [0.15, 0.2) is 12.1 Å². The summed E-state index contributed by atoms with van der Waals surface area (Å²) >= 11 is 5.99. The van der Waals surface area contributed by atoms with Gasteiger partial charge in [-0.15, -0.1) is 0 Å². The van der Waals surface area contributed by atoms with Crippen molar-refractivity contribution in [2.45, 2.75) is 39.7 Å². The van der Waals surface area contributed by atoms with Crippen molar-refractivity contribution in [3.63, 3.8) is 0 Å². The molecule has 1 rings (SSSR count). The highest BCUT2D eigenvalue weighted by atomic mass is 35.5. The van der Waals surface area contributed by atoms with Crippen molar-refractivity contribution < 1.29 is 5.11 Å². The molecular formula is C14H23ClN2O. The van der Waals surface area contributed by atoms with E-state index in [0.717, 1.165) is 24.1 Å². The minimum atomic E-state index is -0.337. The molecule has 4 heteroatoms. The zero-order valence-electron chi connectivity index (χ0n) is 11.3. The molecule has 0 amide bonds. The molecule has 0 aliphatic rings. The average Bonchev–Trinajstić information content (AvgIpc) is 2.33. The minimum Gasteiger partial charge on any atom is -0.398 e. The SMILES string of the molecule is CCC(CC)C(O)CNc1cc(Cl)c(N)cc1C. The van der Waals surface area contributed by atoms with E-state index in [1.54, 1.807) is 0 Å². The van der Waals surface area contributed by atoms with Crippen molar-refractivity contribution >= 4 is 23.0 Å². The van der Waals surface area contributed by atoms with Crippen LogP contribution in [-0.2, 0) is 0 Å². The lowest BCUT2D eigenvalue weighted by Gasteiger charge is -2.21. The average molecular weight is 271 g/mol. The number of aryl methyl sites for hydroxylation is 1. The summed E-state index contributed by atoms with van der Waals surface area (Å²) in [4.78, 5) is 0. The zero-order valence-corrected chi connectivity index (χ0v) is 12.1. The first-order valence-electron chi connectivity index (χ1n) is 6.47. The van der Waals surface area contributed by atoms with E-state index >= 15 is 0 Å². The van der Waals surface area contributed by atoms with Gasteiger partial charge in [-0.25, -0.2) is 0 Å². The standard InChI is InChI=1S/C14H23ClN2O/c1-4-10(5-2)14(18)8-17-13-7-11(15)12(16)6-9(13)3/h6-7,10,14,17-18H,4-5,8,16H2,1-3H3. The van der Waals surface area contributed by atoms with Crippen LogP contribution in [0.2, 0.25) is 5.02 Å². The number of anilines is 2. The van der Waals surface area contributed by atoms with E-state index in [0.29, 0.717) is 23.2 Å². The summed E-state index contributed by atoms with van der Waals surface area (Å²) < 4.78 is 0. The van der Waals surface area contributed by atoms with Crippen molar-refractivity contribution in [3.8, 4) is 0 Å². The molecule has 1 aromatic carbocycles. The fourth-order valence-corrected chi connectivity index (χ4v) is 2.27. The molecular weight excluding hydrogens is 248 g/mol.